The Bertz CT molecular complexity index is 839. The van der Waals surface area contributed by atoms with E-state index in [2.05, 4.69) is 20.9 Å². The molecule has 1 saturated heterocycles. The average molecular weight is 356 g/mol. The minimum absolute atomic E-state index is 0.470. The fraction of sp³-hybridized carbons (Fsp3) is 0.389. The molecule has 1 aliphatic rings. The van der Waals surface area contributed by atoms with Crippen molar-refractivity contribution in [3.63, 3.8) is 0 Å². The number of hydrogen-bond acceptors (Lipinski definition) is 7. The topological polar surface area (TPSA) is 60.4 Å². The summed E-state index contributed by atoms with van der Waals surface area (Å²) >= 11 is 1.72. The van der Waals surface area contributed by atoms with Crippen molar-refractivity contribution >= 4 is 26.7 Å². The standard InChI is InChI=1S/C18H20N4O2S/c1-23-14-4-5-15-16(9-14)25-18(21-15)22-8-2-3-13(11-22)12-24-17-10-19-6-7-20-17/h4-7,9-10,13H,2-3,8,11-12H2,1H3. The lowest BCUT2D eigenvalue weighted by atomic mass is 9.99. The largest absolute Gasteiger partial charge is 0.497 e. The zero-order valence-corrected chi connectivity index (χ0v) is 14.9. The molecule has 0 N–H and O–H groups in total. The molecular weight excluding hydrogens is 336 g/mol. The van der Waals surface area contributed by atoms with Gasteiger partial charge in [0.15, 0.2) is 5.13 Å². The number of ether oxygens (including phenoxy) is 2. The van der Waals surface area contributed by atoms with Gasteiger partial charge in [-0.05, 0) is 31.0 Å². The molecule has 25 heavy (non-hydrogen) atoms. The summed E-state index contributed by atoms with van der Waals surface area (Å²) in [5, 5.41) is 1.08. The highest BCUT2D eigenvalue weighted by atomic mass is 32.1. The van der Waals surface area contributed by atoms with E-state index in [0.29, 0.717) is 18.4 Å². The molecule has 0 radical (unpaired) electrons. The highest BCUT2D eigenvalue weighted by molar-refractivity contribution is 7.22. The molecule has 1 aliphatic heterocycles. The lowest BCUT2D eigenvalue weighted by molar-refractivity contribution is 0.221. The first-order valence-electron chi connectivity index (χ1n) is 8.40. The highest BCUT2D eigenvalue weighted by Gasteiger charge is 2.23. The second-order valence-corrected chi connectivity index (χ2v) is 7.15. The first-order chi connectivity index (χ1) is 12.3. The third kappa shape index (κ3) is 3.66. The number of anilines is 1. The van der Waals surface area contributed by atoms with E-state index in [1.165, 1.54) is 0 Å². The number of aromatic nitrogens is 3. The van der Waals surface area contributed by atoms with Crippen molar-refractivity contribution < 1.29 is 9.47 Å². The van der Waals surface area contributed by atoms with Crippen molar-refractivity contribution in [1.82, 2.24) is 15.0 Å². The van der Waals surface area contributed by atoms with Crippen molar-refractivity contribution in [2.75, 3.05) is 31.7 Å². The molecule has 2 aromatic heterocycles. The van der Waals surface area contributed by atoms with Gasteiger partial charge in [0, 0.05) is 31.4 Å². The molecule has 1 unspecified atom stereocenters. The van der Waals surface area contributed by atoms with Crippen LogP contribution in [0.15, 0.2) is 36.8 Å². The van der Waals surface area contributed by atoms with Crippen LogP contribution in [-0.4, -0.2) is 41.8 Å². The molecule has 1 fully saturated rings. The molecule has 0 bridgehead atoms. The van der Waals surface area contributed by atoms with Crippen LogP contribution in [0.5, 0.6) is 11.6 Å². The van der Waals surface area contributed by atoms with Gasteiger partial charge < -0.3 is 14.4 Å². The van der Waals surface area contributed by atoms with Gasteiger partial charge in [0.1, 0.15) is 5.75 Å². The number of benzene rings is 1. The van der Waals surface area contributed by atoms with Crippen molar-refractivity contribution in [2.45, 2.75) is 12.8 Å². The van der Waals surface area contributed by atoms with Crippen LogP contribution in [0.3, 0.4) is 0 Å². The second-order valence-electron chi connectivity index (χ2n) is 6.14. The van der Waals surface area contributed by atoms with Crippen molar-refractivity contribution in [2.24, 2.45) is 5.92 Å². The van der Waals surface area contributed by atoms with Gasteiger partial charge in [-0.1, -0.05) is 11.3 Å². The molecule has 3 aromatic rings. The molecule has 1 aromatic carbocycles. The fourth-order valence-corrected chi connectivity index (χ4v) is 4.12. The number of methoxy groups -OCH3 is 1. The van der Waals surface area contributed by atoms with E-state index in [9.17, 15) is 0 Å². The van der Waals surface area contributed by atoms with E-state index in [1.807, 2.05) is 12.1 Å². The van der Waals surface area contributed by atoms with Crippen molar-refractivity contribution in [1.29, 1.82) is 0 Å². The van der Waals surface area contributed by atoms with Crippen LogP contribution in [0.4, 0.5) is 5.13 Å². The number of fused-ring (bicyclic) bond motifs is 1. The Morgan fingerprint density at radius 1 is 1.32 bits per heavy atom. The molecule has 3 heterocycles. The lowest BCUT2D eigenvalue weighted by Crippen LogP contribution is -2.37. The van der Waals surface area contributed by atoms with E-state index >= 15 is 0 Å². The summed E-state index contributed by atoms with van der Waals surface area (Å²) < 4.78 is 12.3. The van der Waals surface area contributed by atoms with Crippen LogP contribution in [0.2, 0.25) is 0 Å². The second kappa shape index (κ2) is 7.23. The maximum absolute atomic E-state index is 5.79. The van der Waals surface area contributed by atoms with Crippen molar-refractivity contribution in [3.05, 3.63) is 36.8 Å². The SMILES string of the molecule is COc1ccc2nc(N3CCCC(COc4cnccn4)C3)sc2c1. The Balaban J connectivity index is 1.43. The number of hydrogen-bond donors (Lipinski definition) is 0. The Hall–Kier alpha value is -2.41. The summed E-state index contributed by atoms with van der Waals surface area (Å²) in [6, 6.07) is 6.03. The fourth-order valence-electron chi connectivity index (χ4n) is 3.09. The van der Waals surface area contributed by atoms with E-state index in [-0.39, 0.29) is 0 Å². The smallest absolute Gasteiger partial charge is 0.232 e. The summed E-state index contributed by atoms with van der Waals surface area (Å²) in [5.74, 6) is 1.93. The molecule has 0 saturated carbocycles. The number of piperidine rings is 1. The molecule has 1 atom stereocenters. The minimum atomic E-state index is 0.470. The Labute approximate surface area is 150 Å². The molecule has 7 heteroatoms. The first-order valence-corrected chi connectivity index (χ1v) is 9.22. The Kier molecular flexibility index (Phi) is 4.65. The monoisotopic (exact) mass is 356 g/mol. The van der Waals surface area contributed by atoms with Gasteiger partial charge in [0.25, 0.3) is 0 Å². The molecular formula is C18H20N4O2S. The predicted molar refractivity (Wildman–Crippen MR) is 98.6 cm³/mol. The number of thiazole rings is 1. The Morgan fingerprint density at radius 3 is 3.12 bits per heavy atom. The maximum Gasteiger partial charge on any atom is 0.232 e. The van der Waals surface area contributed by atoms with E-state index < -0.39 is 0 Å². The predicted octanol–water partition coefficient (Wildman–Crippen LogP) is 3.39. The summed E-state index contributed by atoms with van der Waals surface area (Å²) in [6.45, 7) is 2.66. The highest BCUT2D eigenvalue weighted by Crippen LogP contribution is 2.33. The van der Waals surface area contributed by atoms with E-state index in [0.717, 1.165) is 47.0 Å². The number of rotatable bonds is 5. The summed E-state index contributed by atoms with van der Waals surface area (Å²) in [4.78, 5) is 15.4. The zero-order valence-electron chi connectivity index (χ0n) is 14.1. The molecule has 6 nitrogen and oxygen atoms in total. The third-order valence-corrected chi connectivity index (χ3v) is 5.46. The van der Waals surface area contributed by atoms with Crippen LogP contribution in [0, 0.1) is 5.92 Å². The first kappa shape index (κ1) is 16.1. The van der Waals surface area contributed by atoms with Crippen LogP contribution >= 0.6 is 11.3 Å². The van der Waals surface area contributed by atoms with Gasteiger partial charge in [-0.2, -0.15) is 0 Å². The zero-order chi connectivity index (χ0) is 17.1. The van der Waals surface area contributed by atoms with Gasteiger partial charge in [-0.25, -0.2) is 9.97 Å². The maximum atomic E-state index is 5.79. The van der Waals surface area contributed by atoms with Gasteiger partial charge in [-0.15, -0.1) is 0 Å². The van der Waals surface area contributed by atoms with Gasteiger partial charge >= 0.3 is 0 Å². The van der Waals surface area contributed by atoms with Crippen LogP contribution in [0.25, 0.3) is 10.2 Å². The van der Waals surface area contributed by atoms with Gasteiger partial charge in [0.2, 0.25) is 5.88 Å². The lowest BCUT2D eigenvalue weighted by Gasteiger charge is -2.32. The summed E-state index contributed by atoms with van der Waals surface area (Å²) in [5.41, 5.74) is 1.03. The van der Waals surface area contributed by atoms with E-state index in [4.69, 9.17) is 14.5 Å². The average Bonchev–Trinajstić information content (AvgIpc) is 3.10. The molecule has 0 amide bonds. The van der Waals surface area contributed by atoms with Crippen LogP contribution in [-0.2, 0) is 0 Å². The molecule has 0 spiro atoms. The minimum Gasteiger partial charge on any atom is -0.497 e. The van der Waals surface area contributed by atoms with Crippen LogP contribution in [0.1, 0.15) is 12.8 Å². The van der Waals surface area contributed by atoms with E-state index in [1.54, 1.807) is 37.0 Å². The van der Waals surface area contributed by atoms with Gasteiger partial charge in [-0.3, -0.25) is 4.98 Å². The molecule has 4 rings (SSSR count). The number of nitrogens with zero attached hydrogens (tertiary/aromatic N) is 4. The molecule has 130 valence electrons. The van der Waals surface area contributed by atoms with Crippen molar-refractivity contribution in [3.8, 4) is 11.6 Å². The quantitative estimate of drug-likeness (QED) is 0.698. The van der Waals surface area contributed by atoms with Crippen LogP contribution < -0.4 is 14.4 Å². The Morgan fingerprint density at radius 2 is 2.28 bits per heavy atom. The van der Waals surface area contributed by atoms with Gasteiger partial charge in [0.05, 0.1) is 30.1 Å². The third-order valence-electron chi connectivity index (χ3n) is 4.38. The summed E-state index contributed by atoms with van der Waals surface area (Å²) in [6.07, 6.45) is 7.26. The summed E-state index contributed by atoms with van der Waals surface area (Å²) in [7, 11) is 1.69. The molecule has 0 aliphatic carbocycles. The normalized spacial score (nSPS) is 17.6.